The Morgan fingerprint density at radius 1 is 1.08 bits per heavy atom. The van der Waals surface area contributed by atoms with Crippen molar-refractivity contribution in [3.8, 4) is 5.75 Å². The number of methoxy groups -OCH3 is 1. The molecule has 25 heavy (non-hydrogen) atoms. The van der Waals surface area contributed by atoms with Gasteiger partial charge in [-0.3, -0.25) is 9.59 Å². The summed E-state index contributed by atoms with van der Waals surface area (Å²) in [5.74, 6) is 0.174. The molecule has 0 unspecified atom stereocenters. The average molecular weight is 340 g/mol. The quantitative estimate of drug-likeness (QED) is 0.877. The van der Waals surface area contributed by atoms with E-state index >= 15 is 0 Å². The molecule has 0 atom stereocenters. The van der Waals surface area contributed by atoms with Gasteiger partial charge in [0.15, 0.2) is 0 Å². The Morgan fingerprint density at radius 3 is 2.32 bits per heavy atom. The molecule has 2 aromatic carbocycles. The van der Waals surface area contributed by atoms with E-state index in [0.29, 0.717) is 23.5 Å². The first-order chi connectivity index (χ1) is 11.9. The number of carbonyl (C=O) groups excluding carboxylic acids is 2. The molecule has 0 aliphatic rings. The second-order valence-electron chi connectivity index (χ2n) is 5.94. The molecule has 0 radical (unpaired) electrons. The van der Waals surface area contributed by atoms with Gasteiger partial charge in [-0.05, 0) is 45.0 Å². The number of para-hydroxylation sites is 2. The second-order valence-corrected chi connectivity index (χ2v) is 5.94. The number of rotatable bonds is 6. The Bertz CT molecular complexity index is 751. The van der Waals surface area contributed by atoms with Crippen molar-refractivity contribution in [3.05, 3.63) is 59.2 Å². The van der Waals surface area contributed by atoms with Crippen LogP contribution in [0.25, 0.3) is 0 Å². The van der Waals surface area contributed by atoms with Crippen LogP contribution in [0, 0.1) is 13.8 Å². The molecule has 0 spiro atoms. The van der Waals surface area contributed by atoms with E-state index in [1.807, 2.05) is 51.1 Å². The van der Waals surface area contributed by atoms with Crippen LogP contribution in [0.5, 0.6) is 5.75 Å². The van der Waals surface area contributed by atoms with Crippen LogP contribution in [0.3, 0.4) is 0 Å². The lowest BCUT2D eigenvalue weighted by Crippen LogP contribution is -2.38. The van der Waals surface area contributed by atoms with E-state index in [2.05, 4.69) is 5.32 Å². The zero-order valence-corrected chi connectivity index (χ0v) is 15.1. The summed E-state index contributed by atoms with van der Waals surface area (Å²) in [5.41, 5.74) is 3.24. The van der Waals surface area contributed by atoms with Gasteiger partial charge in [0, 0.05) is 12.1 Å². The zero-order valence-electron chi connectivity index (χ0n) is 15.1. The largest absolute Gasteiger partial charge is 0.495 e. The molecule has 2 amide bonds. The fourth-order valence-corrected chi connectivity index (χ4v) is 2.72. The SMILES string of the molecule is CCN(CC(=O)Nc1ccccc1OC)C(=O)c1cc(C)cc(C)c1. The Hall–Kier alpha value is -2.82. The van der Waals surface area contributed by atoms with Gasteiger partial charge in [0.1, 0.15) is 12.3 Å². The lowest BCUT2D eigenvalue weighted by Gasteiger charge is -2.21. The topological polar surface area (TPSA) is 58.6 Å². The van der Waals surface area contributed by atoms with Crippen molar-refractivity contribution in [1.82, 2.24) is 4.90 Å². The number of nitrogens with zero attached hydrogens (tertiary/aromatic N) is 1. The third-order valence-corrected chi connectivity index (χ3v) is 3.85. The zero-order chi connectivity index (χ0) is 18.4. The molecule has 2 aromatic rings. The van der Waals surface area contributed by atoms with Gasteiger partial charge in [0.25, 0.3) is 5.91 Å². The molecule has 2 rings (SSSR count). The molecule has 0 aromatic heterocycles. The van der Waals surface area contributed by atoms with Crippen LogP contribution in [0.4, 0.5) is 5.69 Å². The van der Waals surface area contributed by atoms with Gasteiger partial charge in [-0.1, -0.05) is 29.3 Å². The van der Waals surface area contributed by atoms with Gasteiger partial charge in [-0.15, -0.1) is 0 Å². The first-order valence-corrected chi connectivity index (χ1v) is 8.25. The van der Waals surface area contributed by atoms with Gasteiger partial charge in [0.05, 0.1) is 12.8 Å². The number of aryl methyl sites for hydroxylation is 2. The average Bonchev–Trinajstić information content (AvgIpc) is 2.58. The van der Waals surface area contributed by atoms with Crippen molar-refractivity contribution in [2.45, 2.75) is 20.8 Å². The van der Waals surface area contributed by atoms with E-state index in [4.69, 9.17) is 4.74 Å². The van der Waals surface area contributed by atoms with Crippen LogP contribution in [-0.2, 0) is 4.79 Å². The lowest BCUT2D eigenvalue weighted by atomic mass is 10.1. The van der Waals surface area contributed by atoms with Gasteiger partial charge in [-0.2, -0.15) is 0 Å². The Balaban J connectivity index is 2.10. The highest BCUT2D eigenvalue weighted by Gasteiger charge is 2.18. The Morgan fingerprint density at radius 2 is 1.72 bits per heavy atom. The summed E-state index contributed by atoms with van der Waals surface area (Å²) in [4.78, 5) is 26.6. The van der Waals surface area contributed by atoms with Gasteiger partial charge >= 0.3 is 0 Å². The number of nitrogens with one attached hydrogen (secondary N) is 1. The lowest BCUT2D eigenvalue weighted by molar-refractivity contribution is -0.116. The molecule has 5 nitrogen and oxygen atoms in total. The van der Waals surface area contributed by atoms with Crippen LogP contribution < -0.4 is 10.1 Å². The van der Waals surface area contributed by atoms with E-state index in [0.717, 1.165) is 11.1 Å². The molecule has 0 bridgehead atoms. The maximum atomic E-state index is 12.7. The Kier molecular flexibility index (Phi) is 6.17. The summed E-state index contributed by atoms with van der Waals surface area (Å²) in [5, 5.41) is 2.80. The van der Waals surface area contributed by atoms with E-state index in [-0.39, 0.29) is 18.4 Å². The fraction of sp³-hybridized carbons (Fsp3) is 0.300. The predicted octanol–water partition coefficient (Wildman–Crippen LogP) is 3.41. The number of amides is 2. The van der Waals surface area contributed by atoms with Crippen molar-refractivity contribution in [3.63, 3.8) is 0 Å². The number of benzene rings is 2. The molecular formula is C20H24N2O3. The minimum atomic E-state index is -0.260. The first-order valence-electron chi connectivity index (χ1n) is 8.25. The molecule has 0 heterocycles. The molecule has 132 valence electrons. The van der Waals surface area contributed by atoms with E-state index in [9.17, 15) is 9.59 Å². The minimum absolute atomic E-state index is 0.0135. The van der Waals surface area contributed by atoms with E-state index in [1.165, 1.54) is 4.90 Å². The third kappa shape index (κ3) is 4.83. The highest BCUT2D eigenvalue weighted by atomic mass is 16.5. The summed E-state index contributed by atoms with van der Waals surface area (Å²) >= 11 is 0. The van der Waals surface area contributed by atoms with Crippen LogP contribution in [0.2, 0.25) is 0 Å². The van der Waals surface area contributed by atoms with Gasteiger partial charge < -0.3 is 15.0 Å². The summed E-state index contributed by atoms with van der Waals surface area (Å²) in [6.07, 6.45) is 0. The van der Waals surface area contributed by atoms with Crippen molar-refractivity contribution in [2.24, 2.45) is 0 Å². The highest BCUT2D eigenvalue weighted by Crippen LogP contribution is 2.23. The van der Waals surface area contributed by atoms with Crippen molar-refractivity contribution >= 4 is 17.5 Å². The van der Waals surface area contributed by atoms with Crippen molar-refractivity contribution < 1.29 is 14.3 Å². The maximum absolute atomic E-state index is 12.7. The monoisotopic (exact) mass is 340 g/mol. The first kappa shape index (κ1) is 18.5. The van der Waals surface area contributed by atoms with Crippen LogP contribution >= 0.6 is 0 Å². The second kappa shape index (κ2) is 8.33. The molecule has 0 aliphatic heterocycles. The highest BCUT2D eigenvalue weighted by molar-refractivity contribution is 6.00. The molecule has 1 N–H and O–H groups in total. The summed E-state index contributed by atoms with van der Waals surface area (Å²) in [6.45, 7) is 6.20. The minimum Gasteiger partial charge on any atom is -0.495 e. The molecule has 0 fully saturated rings. The number of ether oxygens (including phenoxy) is 1. The summed E-state index contributed by atoms with van der Waals surface area (Å²) in [6, 6.07) is 12.9. The van der Waals surface area contributed by atoms with Gasteiger partial charge in [0.2, 0.25) is 5.91 Å². The standard InChI is InChI=1S/C20H24N2O3/c1-5-22(20(24)16-11-14(2)10-15(3)12-16)13-19(23)21-17-8-6-7-9-18(17)25-4/h6-12H,5,13H2,1-4H3,(H,21,23). The molecule has 5 heteroatoms. The number of anilines is 1. The summed E-state index contributed by atoms with van der Waals surface area (Å²) < 4.78 is 5.23. The van der Waals surface area contributed by atoms with E-state index in [1.54, 1.807) is 19.2 Å². The van der Waals surface area contributed by atoms with Crippen LogP contribution in [-0.4, -0.2) is 36.9 Å². The number of hydrogen-bond acceptors (Lipinski definition) is 3. The Labute approximate surface area is 148 Å². The number of carbonyl (C=O) groups is 2. The molecule has 0 saturated heterocycles. The fourth-order valence-electron chi connectivity index (χ4n) is 2.72. The third-order valence-electron chi connectivity index (χ3n) is 3.85. The van der Waals surface area contributed by atoms with Crippen molar-refractivity contribution in [2.75, 3.05) is 25.5 Å². The number of hydrogen-bond donors (Lipinski definition) is 1. The normalized spacial score (nSPS) is 10.2. The van der Waals surface area contributed by atoms with Gasteiger partial charge in [-0.25, -0.2) is 0 Å². The van der Waals surface area contributed by atoms with Crippen LogP contribution in [0.1, 0.15) is 28.4 Å². The molecular weight excluding hydrogens is 316 g/mol. The smallest absolute Gasteiger partial charge is 0.254 e. The van der Waals surface area contributed by atoms with Crippen LogP contribution in [0.15, 0.2) is 42.5 Å². The van der Waals surface area contributed by atoms with E-state index < -0.39 is 0 Å². The predicted molar refractivity (Wildman–Crippen MR) is 99.1 cm³/mol. The molecule has 0 aliphatic carbocycles. The van der Waals surface area contributed by atoms with Crippen molar-refractivity contribution in [1.29, 1.82) is 0 Å². The maximum Gasteiger partial charge on any atom is 0.254 e. The number of likely N-dealkylation sites (N-methyl/N-ethyl adjacent to an activating group) is 1. The summed E-state index contributed by atoms with van der Waals surface area (Å²) in [7, 11) is 1.55. The molecule has 0 saturated carbocycles.